The first-order valence-corrected chi connectivity index (χ1v) is 14.0. The van der Waals surface area contributed by atoms with E-state index in [0.29, 0.717) is 15.5 Å². The van der Waals surface area contributed by atoms with Crippen molar-refractivity contribution in [1.82, 2.24) is 4.98 Å². The summed E-state index contributed by atoms with van der Waals surface area (Å²) in [6.45, 7) is 11.6. The Bertz CT molecular complexity index is 575. The van der Waals surface area contributed by atoms with E-state index in [1.165, 1.54) is 32.1 Å². The number of hydrogen-bond donors (Lipinski definition) is 0. The second-order valence-corrected chi connectivity index (χ2v) is 14.6. The molecule has 0 aromatic carbocycles. The number of aromatic nitrogens is 1. The van der Waals surface area contributed by atoms with Gasteiger partial charge < -0.3 is 4.43 Å². The molecule has 1 aromatic rings. The molecule has 2 atom stereocenters. The van der Waals surface area contributed by atoms with Crippen LogP contribution in [0, 0.1) is 11.3 Å². The Kier molecular flexibility index (Phi) is 8.67. The van der Waals surface area contributed by atoms with E-state index in [1.54, 1.807) is 12.4 Å². The van der Waals surface area contributed by atoms with Gasteiger partial charge in [-0.25, -0.2) is 0 Å². The standard InChI is InChI=1S/C22H37Cl2NOSi/c1-6-27(7-2,8-3)26-20(21-18(23)15-25-16-19(21)24)12-11-17-10-9-13-22(4,5)14-17/h15-17,20H,6-14H2,1-5H3. The molecule has 154 valence electrons. The Morgan fingerprint density at radius 2 is 1.74 bits per heavy atom. The highest BCUT2D eigenvalue weighted by atomic mass is 35.5. The highest BCUT2D eigenvalue weighted by molar-refractivity contribution is 6.73. The molecule has 0 saturated heterocycles. The molecule has 0 spiro atoms. The van der Waals surface area contributed by atoms with E-state index in [2.05, 4.69) is 39.6 Å². The van der Waals surface area contributed by atoms with Crippen LogP contribution in [0.5, 0.6) is 0 Å². The molecule has 1 saturated carbocycles. The van der Waals surface area contributed by atoms with Gasteiger partial charge in [0.15, 0.2) is 8.32 Å². The summed E-state index contributed by atoms with van der Waals surface area (Å²) in [6, 6.07) is 3.40. The van der Waals surface area contributed by atoms with Crippen molar-refractivity contribution in [3.8, 4) is 0 Å². The smallest absolute Gasteiger partial charge is 0.192 e. The van der Waals surface area contributed by atoms with E-state index in [1.807, 2.05) is 0 Å². The van der Waals surface area contributed by atoms with Crippen molar-refractivity contribution in [2.24, 2.45) is 11.3 Å². The first kappa shape index (κ1) is 23.2. The van der Waals surface area contributed by atoms with Gasteiger partial charge in [-0.05, 0) is 55.1 Å². The van der Waals surface area contributed by atoms with Crippen molar-refractivity contribution in [3.05, 3.63) is 28.0 Å². The number of hydrogen-bond acceptors (Lipinski definition) is 2. The van der Waals surface area contributed by atoms with E-state index in [4.69, 9.17) is 27.6 Å². The van der Waals surface area contributed by atoms with E-state index >= 15 is 0 Å². The molecule has 5 heteroatoms. The molecule has 27 heavy (non-hydrogen) atoms. The minimum atomic E-state index is -1.76. The first-order valence-electron chi connectivity index (χ1n) is 10.7. The fourth-order valence-corrected chi connectivity index (χ4v) is 8.23. The summed E-state index contributed by atoms with van der Waals surface area (Å²) >= 11 is 13.1. The lowest BCUT2D eigenvalue weighted by molar-refractivity contribution is 0.134. The molecule has 1 heterocycles. The zero-order valence-corrected chi connectivity index (χ0v) is 20.3. The van der Waals surface area contributed by atoms with Crippen LogP contribution in [0.3, 0.4) is 0 Å². The lowest BCUT2D eigenvalue weighted by Crippen LogP contribution is -2.37. The highest BCUT2D eigenvalue weighted by Gasteiger charge is 2.35. The molecule has 1 aliphatic rings. The SMILES string of the molecule is CC[Si](CC)(CC)OC(CCC1CCCC(C)(C)C1)c1c(Cl)cncc1Cl. The maximum absolute atomic E-state index is 6.92. The first-order chi connectivity index (χ1) is 12.8. The van der Waals surface area contributed by atoms with Crippen LogP contribution in [0.15, 0.2) is 12.4 Å². The van der Waals surface area contributed by atoms with E-state index in [0.717, 1.165) is 36.0 Å². The molecule has 1 aromatic heterocycles. The Hall–Kier alpha value is -0.0931. The molecule has 0 amide bonds. The fraction of sp³-hybridized carbons (Fsp3) is 0.773. The predicted octanol–water partition coefficient (Wildman–Crippen LogP) is 8.45. The molecule has 2 rings (SSSR count). The summed E-state index contributed by atoms with van der Waals surface area (Å²) in [5, 5.41) is 1.28. The zero-order valence-electron chi connectivity index (χ0n) is 17.8. The number of nitrogens with zero attached hydrogens (tertiary/aromatic N) is 1. The Labute approximate surface area is 177 Å². The maximum atomic E-state index is 6.92. The van der Waals surface area contributed by atoms with Gasteiger partial charge in [0.05, 0.1) is 16.1 Å². The van der Waals surface area contributed by atoms with E-state index in [-0.39, 0.29) is 6.10 Å². The summed E-state index contributed by atoms with van der Waals surface area (Å²) in [5.74, 6) is 0.778. The molecule has 0 radical (unpaired) electrons. The van der Waals surface area contributed by atoms with Crippen molar-refractivity contribution in [2.75, 3.05) is 0 Å². The van der Waals surface area contributed by atoms with Crippen LogP contribution in [-0.4, -0.2) is 13.3 Å². The third kappa shape index (κ3) is 6.19. The molecule has 1 fully saturated rings. The van der Waals surface area contributed by atoms with E-state index < -0.39 is 8.32 Å². The van der Waals surface area contributed by atoms with Crippen LogP contribution in [-0.2, 0) is 4.43 Å². The zero-order chi connectivity index (χ0) is 20.1. The lowest BCUT2D eigenvalue weighted by atomic mass is 9.71. The average Bonchev–Trinajstić information content (AvgIpc) is 2.63. The van der Waals surface area contributed by atoms with E-state index in [9.17, 15) is 0 Å². The Balaban J connectivity index is 2.22. The van der Waals surface area contributed by atoms with Crippen LogP contribution >= 0.6 is 23.2 Å². The molecule has 0 aliphatic heterocycles. The summed E-state index contributed by atoms with van der Waals surface area (Å²) in [5.41, 5.74) is 1.43. The summed E-state index contributed by atoms with van der Waals surface area (Å²) < 4.78 is 6.92. The van der Waals surface area contributed by atoms with Gasteiger partial charge >= 0.3 is 0 Å². The lowest BCUT2D eigenvalue weighted by Gasteiger charge is -2.37. The second kappa shape index (κ2) is 10.1. The van der Waals surface area contributed by atoms with Crippen LogP contribution < -0.4 is 0 Å². The second-order valence-electron chi connectivity index (χ2n) is 9.07. The number of halogens is 2. The summed E-state index contributed by atoms with van der Waals surface area (Å²) in [4.78, 5) is 4.14. The van der Waals surface area contributed by atoms with Gasteiger partial charge in [-0.3, -0.25) is 4.98 Å². The molecule has 0 bridgehead atoms. The van der Waals surface area contributed by atoms with Crippen LogP contribution in [0.1, 0.15) is 84.8 Å². The molecule has 2 unspecified atom stereocenters. The quantitative estimate of drug-likeness (QED) is 0.367. The maximum Gasteiger partial charge on any atom is 0.192 e. The Morgan fingerprint density at radius 1 is 1.15 bits per heavy atom. The van der Waals surface area contributed by atoms with Gasteiger partial charge in [0.25, 0.3) is 0 Å². The van der Waals surface area contributed by atoms with Gasteiger partial charge in [0, 0.05) is 18.0 Å². The highest BCUT2D eigenvalue weighted by Crippen LogP contribution is 2.44. The van der Waals surface area contributed by atoms with Crippen molar-refractivity contribution in [3.63, 3.8) is 0 Å². The third-order valence-corrected chi connectivity index (χ3v) is 11.9. The molecule has 0 N–H and O–H groups in total. The van der Waals surface area contributed by atoms with Crippen LogP contribution in [0.4, 0.5) is 0 Å². The summed E-state index contributed by atoms with van der Waals surface area (Å²) in [7, 11) is -1.76. The van der Waals surface area contributed by atoms with Gasteiger partial charge in [-0.15, -0.1) is 0 Å². The Morgan fingerprint density at radius 3 is 2.26 bits per heavy atom. The minimum Gasteiger partial charge on any atom is -0.410 e. The van der Waals surface area contributed by atoms with Crippen LogP contribution in [0.2, 0.25) is 28.2 Å². The van der Waals surface area contributed by atoms with Crippen molar-refractivity contribution < 1.29 is 4.43 Å². The van der Waals surface area contributed by atoms with Crippen molar-refractivity contribution in [2.45, 2.75) is 97.4 Å². The van der Waals surface area contributed by atoms with Crippen molar-refractivity contribution in [1.29, 1.82) is 0 Å². The third-order valence-electron chi connectivity index (χ3n) is 6.68. The monoisotopic (exact) mass is 429 g/mol. The molecular formula is C22H37Cl2NOSi. The van der Waals surface area contributed by atoms with Gasteiger partial charge in [0.2, 0.25) is 0 Å². The molecule has 1 aliphatic carbocycles. The van der Waals surface area contributed by atoms with Gasteiger partial charge in [-0.1, -0.05) is 70.7 Å². The van der Waals surface area contributed by atoms with Crippen LogP contribution in [0.25, 0.3) is 0 Å². The molecular weight excluding hydrogens is 393 g/mol. The number of pyridine rings is 1. The van der Waals surface area contributed by atoms with Crippen molar-refractivity contribution >= 4 is 31.5 Å². The largest absolute Gasteiger partial charge is 0.410 e. The number of rotatable bonds is 9. The summed E-state index contributed by atoms with van der Waals surface area (Å²) in [6.07, 6.45) is 10.9. The fourth-order valence-electron chi connectivity index (χ4n) is 4.78. The average molecular weight is 431 g/mol. The minimum absolute atomic E-state index is 0.00967. The van der Waals surface area contributed by atoms with Gasteiger partial charge in [-0.2, -0.15) is 0 Å². The topological polar surface area (TPSA) is 22.1 Å². The predicted molar refractivity (Wildman–Crippen MR) is 120 cm³/mol. The van der Waals surface area contributed by atoms with Gasteiger partial charge in [0.1, 0.15) is 0 Å². The normalized spacial score (nSPS) is 21.2. The molecule has 2 nitrogen and oxygen atoms in total.